The van der Waals surface area contributed by atoms with Gasteiger partial charge in [-0.15, -0.1) is 0 Å². The number of rotatable bonds is 7. The number of hydrogen-bond donors (Lipinski definition) is 3. The maximum Gasteiger partial charge on any atom is 0.326 e. The van der Waals surface area contributed by atoms with E-state index >= 15 is 0 Å². The third-order valence-electron chi connectivity index (χ3n) is 2.09. The summed E-state index contributed by atoms with van der Waals surface area (Å²) in [7, 11) is 1.53. The van der Waals surface area contributed by atoms with E-state index in [1.165, 1.54) is 13.3 Å². The highest BCUT2D eigenvalue weighted by molar-refractivity contribution is 5.94. The number of hydrogen-bond acceptors (Lipinski definition) is 5. The molecular weight excluding hydrogens is 228 g/mol. The summed E-state index contributed by atoms with van der Waals surface area (Å²) < 4.78 is 4.82. The molecule has 0 aliphatic rings. The molecule has 1 rings (SSSR count). The zero-order valence-electron chi connectivity index (χ0n) is 9.34. The lowest BCUT2D eigenvalue weighted by Gasteiger charge is -2.12. The fourth-order valence-corrected chi connectivity index (χ4v) is 1.23. The lowest BCUT2D eigenvalue weighted by Crippen LogP contribution is -2.41. The molecule has 0 aliphatic carbocycles. The van der Waals surface area contributed by atoms with E-state index < -0.39 is 17.9 Å². The zero-order chi connectivity index (χ0) is 12.7. The lowest BCUT2D eigenvalue weighted by atomic mass is 10.1. The predicted molar refractivity (Wildman–Crippen MR) is 56.4 cm³/mol. The number of methoxy groups -OCH3 is 1. The van der Waals surface area contributed by atoms with Gasteiger partial charge in [0.15, 0.2) is 5.69 Å². The minimum absolute atomic E-state index is 0.0583. The van der Waals surface area contributed by atoms with Gasteiger partial charge in [-0.3, -0.25) is 4.79 Å². The molecule has 0 aliphatic heterocycles. The average Bonchev–Trinajstić information content (AvgIpc) is 2.81. The zero-order valence-corrected chi connectivity index (χ0v) is 9.34. The third-order valence-corrected chi connectivity index (χ3v) is 2.09. The topological polar surface area (TPSA) is 117 Å². The molecule has 1 heterocycles. The largest absolute Gasteiger partial charge is 0.480 e. The Morgan fingerprint density at radius 1 is 1.65 bits per heavy atom. The number of amides is 1. The van der Waals surface area contributed by atoms with Crippen LogP contribution in [0.5, 0.6) is 0 Å². The fourth-order valence-electron chi connectivity index (χ4n) is 1.23. The number of carboxylic acids is 1. The van der Waals surface area contributed by atoms with E-state index in [2.05, 4.69) is 20.7 Å². The Labute approximate surface area is 97.4 Å². The van der Waals surface area contributed by atoms with Gasteiger partial charge in [-0.05, 0) is 12.8 Å². The van der Waals surface area contributed by atoms with Crippen molar-refractivity contribution in [1.29, 1.82) is 0 Å². The summed E-state index contributed by atoms with van der Waals surface area (Å²) in [5.41, 5.74) is 0.0583. The minimum Gasteiger partial charge on any atom is -0.480 e. The number of ether oxygens (including phenoxy) is 1. The molecule has 1 unspecified atom stereocenters. The quantitative estimate of drug-likeness (QED) is 0.550. The van der Waals surface area contributed by atoms with Crippen LogP contribution in [0.2, 0.25) is 0 Å². The molecule has 1 aromatic heterocycles. The van der Waals surface area contributed by atoms with Crippen molar-refractivity contribution in [2.24, 2.45) is 0 Å². The van der Waals surface area contributed by atoms with Crippen LogP contribution in [0.15, 0.2) is 6.20 Å². The van der Waals surface area contributed by atoms with Crippen molar-refractivity contribution in [3.05, 3.63) is 11.9 Å². The maximum absolute atomic E-state index is 11.5. The molecule has 0 saturated heterocycles. The number of nitrogens with one attached hydrogen (secondary N) is 2. The Kier molecular flexibility index (Phi) is 5.08. The molecule has 0 saturated carbocycles. The molecule has 0 aromatic carbocycles. The van der Waals surface area contributed by atoms with E-state index in [1.54, 1.807) is 0 Å². The first kappa shape index (κ1) is 13.1. The molecule has 17 heavy (non-hydrogen) atoms. The number of carboxylic acid groups (broad SMARTS) is 1. The van der Waals surface area contributed by atoms with Gasteiger partial charge >= 0.3 is 5.97 Å². The van der Waals surface area contributed by atoms with Crippen molar-refractivity contribution in [3.63, 3.8) is 0 Å². The third kappa shape index (κ3) is 4.19. The molecular formula is C9H14N4O4. The van der Waals surface area contributed by atoms with Crippen LogP contribution in [0.4, 0.5) is 0 Å². The van der Waals surface area contributed by atoms with Gasteiger partial charge in [0.2, 0.25) is 0 Å². The smallest absolute Gasteiger partial charge is 0.326 e. The van der Waals surface area contributed by atoms with Crippen LogP contribution in [-0.4, -0.2) is 52.2 Å². The molecule has 0 spiro atoms. The van der Waals surface area contributed by atoms with Gasteiger partial charge in [0.25, 0.3) is 5.91 Å². The van der Waals surface area contributed by atoms with E-state index in [1.807, 2.05) is 0 Å². The van der Waals surface area contributed by atoms with Gasteiger partial charge in [0, 0.05) is 13.7 Å². The van der Waals surface area contributed by atoms with Crippen molar-refractivity contribution in [3.8, 4) is 0 Å². The van der Waals surface area contributed by atoms with Crippen LogP contribution < -0.4 is 5.32 Å². The number of nitrogens with zero attached hydrogens (tertiary/aromatic N) is 2. The van der Waals surface area contributed by atoms with Gasteiger partial charge in [-0.2, -0.15) is 15.4 Å². The monoisotopic (exact) mass is 242 g/mol. The molecule has 94 valence electrons. The summed E-state index contributed by atoms with van der Waals surface area (Å²) in [6.45, 7) is 0.448. The van der Waals surface area contributed by atoms with E-state index in [-0.39, 0.29) is 5.69 Å². The normalized spacial score (nSPS) is 12.1. The highest BCUT2D eigenvalue weighted by Crippen LogP contribution is 2.00. The number of aromatic nitrogens is 3. The molecule has 0 radical (unpaired) electrons. The molecule has 1 amide bonds. The molecule has 3 N–H and O–H groups in total. The highest BCUT2D eigenvalue weighted by atomic mass is 16.5. The Balaban J connectivity index is 2.49. The van der Waals surface area contributed by atoms with Crippen molar-refractivity contribution in [2.75, 3.05) is 13.7 Å². The fraction of sp³-hybridized carbons (Fsp3) is 0.556. The second-order valence-electron chi connectivity index (χ2n) is 3.35. The van der Waals surface area contributed by atoms with Gasteiger partial charge in [-0.25, -0.2) is 4.79 Å². The molecule has 1 aromatic rings. The van der Waals surface area contributed by atoms with Crippen LogP contribution >= 0.6 is 0 Å². The molecule has 8 heteroatoms. The molecule has 1 atom stereocenters. The minimum atomic E-state index is -1.09. The number of carbonyl (C=O) groups excluding carboxylic acids is 1. The van der Waals surface area contributed by atoms with E-state index in [9.17, 15) is 9.59 Å². The summed E-state index contributed by atoms with van der Waals surface area (Å²) in [6.07, 6.45) is 2.07. The average molecular weight is 242 g/mol. The molecule has 0 fully saturated rings. The standard InChI is InChI=1S/C9H14N4O4/c1-17-4-2-3-6(9(15)16)11-8(14)7-5-10-13-12-7/h5-6H,2-4H2,1H3,(H,11,14)(H,15,16)(H,10,12,13). The highest BCUT2D eigenvalue weighted by Gasteiger charge is 2.21. The van der Waals surface area contributed by atoms with E-state index in [0.717, 1.165) is 0 Å². The lowest BCUT2D eigenvalue weighted by molar-refractivity contribution is -0.139. The van der Waals surface area contributed by atoms with Crippen molar-refractivity contribution in [1.82, 2.24) is 20.7 Å². The van der Waals surface area contributed by atoms with Gasteiger partial charge < -0.3 is 15.2 Å². The first-order valence-electron chi connectivity index (χ1n) is 5.03. The van der Waals surface area contributed by atoms with Crippen LogP contribution in [0.25, 0.3) is 0 Å². The number of aromatic amines is 1. The number of H-pyrrole nitrogens is 1. The summed E-state index contributed by atoms with van der Waals surface area (Å²) in [4.78, 5) is 22.4. The van der Waals surface area contributed by atoms with Crippen molar-refractivity contribution >= 4 is 11.9 Å². The van der Waals surface area contributed by atoms with Crippen LogP contribution in [0, 0.1) is 0 Å². The van der Waals surface area contributed by atoms with Crippen LogP contribution in [0.1, 0.15) is 23.3 Å². The summed E-state index contributed by atoms with van der Waals surface area (Å²) >= 11 is 0. The number of aliphatic carboxylic acids is 1. The Hall–Kier alpha value is -1.96. The van der Waals surface area contributed by atoms with E-state index in [0.29, 0.717) is 19.4 Å². The number of carbonyl (C=O) groups is 2. The maximum atomic E-state index is 11.5. The van der Waals surface area contributed by atoms with Crippen LogP contribution in [0.3, 0.4) is 0 Å². The second kappa shape index (κ2) is 6.59. The van der Waals surface area contributed by atoms with Gasteiger partial charge in [-0.1, -0.05) is 0 Å². The molecule has 0 bridgehead atoms. The van der Waals surface area contributed by atoms with Crippen LogP contribution in [-0.2, 0) is 9.53 Å². The SMILES string of the molecule is COCCCC(NC(=O)c1cn[nH]n1)C(=O)O. The Morgan fingerprint density at radius 2 is 2.41 bits per heavy atom. The Bertz CT molecular complexity index is 365. The van der Waals surface area contributed by atoms with Crippen molar-refractivity contribution in [2.45, 2.75) is 18.9 Å². The summed E-state index contributed by atoms with van der Waals surface area (Å²) in [6, 6.07) is -0.950. The predicted octanol–water partition coefficient (Wildman–Crippen LogP) is -0.586. The Morgan fingerprint density at radius 3 is 2.94 bits per heavy atom. The van der Waals surface area contributed by atoms with Gasteiger partial charge in [0.1, 0.15) is 6.04 Å². The van der Waals surface area contributed by atoms with E-state index in [4.69, 9.17) is 9.84 Å². The first-order chi connectivity index (χ1) is 8.15. The summed E-state index contributed by atoms with van der Waals surface area (Å²) in [5.74, 6) is -1.65. The second-order valence-corrected chi connectivity index (χ2v) is 3.35. The first-order valence-corrected chi connectivity index (χ1v) is 5.03. The molecule has 8 nitrogen and oxygen atoms in total. The van der Waals surface area contributed by atoms with Gasteiger partial charge in [0.05, 0.1) is 6.20 Å². The van der Waals surface area contributed by atoms with Crippen molar-refractivity contribution < 1.29 is 19.4 Å². The summed E-state index contributed by atoms with van der Waals surface area (Å²) in [5, 5.41) is 20.6.